The van der Waals surface area contributed by atoms with Gasteiger partial charge in [0.05, 0.1) is 12.2 Å². The smallest absolute Gasteiger partial charge is 0.319 e. The molecule has 3 atom stereocenters. The van der Waals surface area contributed by atoms with E-state index in [-0.39, 0.29) is 35.3 Å². The number of amides is 2. The number of ether oxygens (including phenoxy) is 1. The summed E-state index contributed by atoms with van der Waals surface area (Å²) in [6.07, 6.45) is 4.23. The number of carbonyl (C=O) groups excluding carboxylic acids is 2. The summed E-state index contributed by atoms with van der Waals surface area (Å²) in [6, 6.07) is 14.9. The number of rotatable bonds is 7. The van der Waals surface area contributed by atoms with E-state index >= 15 is 0 Å². The van der Waals surface area contributed by atoms with Crippen molar-refractivity contribution < 1.29 is 14.3 Å². The van der Waals surface area contributed by atoms with Crippen molar-refractivity contribution in [1.82, 2.24) is 24.9 Å². The van der Waals surface area contributed by atoms with Gasteiger partial charge in [0, 0.05) is 29.6 Å². The van der Waals surface area contributed by atoms with E-state index in [2.05, 4.69) is 45.7 Å². The summed E-state index contributed by atoms with van der Waals surface area (Å²) in [5, 5.41) is 14.7. The molecule has 0 bridgehead atoms. The Morgan fingerprint density at radius 1 is 1.07 bits per heavy atom. The van der Waals surface area contributed by atoms with Crippen molar-refractivity contribution in [3.8, 4) is 5.75 Å². The van der Waals surface area contributed by atoms with Gasteiger partial charge in [-0.15, -0.1) is 10.2 Å². The highest BCUT2D eigenvalue weighted by Crippen LogP contribution is 2.39. The number of benzene rings is 1. The molecular weight excluding hydrogens is 516 g/mol. The van der Waals surface area contributed by atoms with Gasteiger partial charge >= 0.3 is 6.03 Å². The molecule has 0 radical (unpaired) electrons. The molecule has 0 saturated heterocycles. The number of nitrogens with zero attached hydrogens (tertiary/aromatic N) is 4. The van der Waals surface area contributed by atoms with E-state index in [0.29, 0.717) is 17.8 Å². The number of ketones is 1. The predicted octanol–water partition coefficient (Wildman–Crippen LogP) is 6.91. The summed E-state index contributed by atoms with van der Waals surface area (Å²) in [4.78, 5) is 29.7. The summed E-state index contributed by atoms with van der Waals surface area (Å²) in [7, 11) is 0. The van der Waals surface area contributed by atoms with Gasteiger partial charge in [-0.3, -0.25) is 9.20 Å². The van der Waals surface area contributed by atoms with E-state index in [1.807, 2.05) is 67.8 Å². The Morgan fingerprint density at radius 2 is 1.83 bits per heavy atom. The van der Waals surface area contributed by atoms with E-state index in [1.54, 1.807) is 6.07 Å². The minimum atomic E-state index is -0.333. The van der Waals surface area contributed by atoms with E-state index in [9.17, 15) is 9.59 Å². The maximum Gasteiger partial charge on any atom is 0.319 e. The molecule has 4 aromatic rings. The number of carbonyl (C=O) groups is 2. The maximum absolute atomic E-state index is 13.1. The molecule has 1 aliphatic carbocycles. The summed E-state index contributed by atoms with van der Waals surface area (Å²) >= 11 is 0. The van der Waals surface area contributed by atoms with Crippen LogP contribution in [-0.2, 0) is 5.41 Å². The predicted molar refractivity (Wildman–Crippen MR) is 159 cm³/mol. The zero-order valence-corrected chi connectivity index (χ0v) is 24.6. The van der Waals surface area contributed by atoms with Crippen molar-refractivity contribution in [2.75, 3.05) is 5.32 Å². The molecule has 2 amide bonds. The number of urea groups is 1. The lowest BCUT2D eigenvalue weighted by Crippen LogP contribution is -2.35. The molecule has 0 unspecified atom stereocenters. The molecule has 0 spiro atoms. The Morgan fingerprint density at radius 3 is 2.54 bits per heavy atom. The molecule has 3 aromatic heterocycles. The molecule has 2 N–H and O–H groups in total. The van der Waals surface area contributed by atoms with Crippen molar-refractivity contribution in [2.45, 2.75) is 84.3 Å². The second-order valence-corrected chi connectivity index (χ2v) is 11.9. The topological polar surface area (TPSA) is 111 Å². The lowest BCUT2D eigenvalue weighted by Gasteiger charge is -2.32. The normalized spacial score (nSPS) is 17.5. The van der Waals surface area contributed by atoms with Gasteiger partial charge in [0.1, 0.15) is 23.4 Å². The number of hydrogen-bond acceptors (Lipinski definition) is 6. The van der Waals surface area contributed by atoms with Crippen LogP contribution in [0.4, 0.5) is 10.5 Å². The summed E-state index contributed by atoms with van der Waals surface area (Å²) in [5.41, 5.74) is 4.21. The first-order valence-electron chi connectivity index (χ1n) is 14.2. The highest BCUT2D eigenvalue weighted by Gasteiger charge is 2.30. The lowest BCUT2D eigenvalue weighted by molar-refractivity contribution is 0.101. The molecular formula is C32H38N6O3. The molecule has 214 valence electrons. The van der Waals surface area contributed by atoms with Crippen LogP contribution < -0.4 is 15.4 Å². The number of Topliss-reactive ketones (excluding diaryl/α,β-unsaturated/α-hetero) is 1. The molecule has 9 nitrogen and oxygen atoms in total. The number of pyridine rings is 2. The van der Waals surface area contributed by atoms with Crippen LogP contribution in [0.3, 0.4) is 0 Å². The van der Waals surface area contributed by atoms with Crippen LogP contribution >= 0.6 is 0 Å². The number of anilines is 1. The summed E-state index contributed by atoms with van der Waals surface area (Å²) in [5.74, 6) is 1.81. The van der Waals surface area contributed by atoms with Crippen molar-refractivity contribution in [2.24, 2.45) is 0 Å². The molecule has 9 heteroatoms. The molecule has 1 aromatic carbocycles. The summed E-state index contributed by atoms with van der Waals surface area (Å²) < 4.78 is 8.52. The highest BCUT2D eigenvalue weighted by atomic mass is 16.5. The van der Waals surface area contributed by atoms with Gasteiger partial charge in [0.2, 0.25) is 0 Å². The van der Waals surface area contributed by atoms with Gasteiger partial charge in [-0.1, -0.05) is 58.9 Å². The third-order valence-corrected chi connectivity index (χ3v) is 7.69. The van der Waals surface area contributed by atoms with Crippen LogP contribution in [0.1, 0.15) is 112 Å². The van der Waals surface area contributed by atoms with Crippen LogP contribution in [0.15, 0.2) is 54.7 Å². The average Bonchev–Trinajstić information content (AvgIpc) is 3.36. The second kappa shape index (κ2) is 11.3. The third kappa shape index (κ3) is 6.09. The largest absolute Gasteiger partial charge is 0.484 e. The highest BCUT2D eigenvalue weighted by molar-refractivity contribution is 5.95. The van der Waals surface area contributed by atoms with E-state index < -0.39 is 0 Å². The standard InChI is InChI=1S/C32H38N6O3/c1-7-19(2)30-37-36-29-15-12-22(18-38(29)30)41-27-14-13-25(23-10-8-9-11-24(23)27)35-31(40)33-21-16-26(20(3)39)34-28(17-21)32(4,5)6/h8-12,15-19,25,27H,7,13-14H2,1-6H3,(H2,33,34,35,40)/t19-,25-,27+/m0/s1. The van der Waals surface area contributed by atoms with E-state index in [0.717, 1.165) is 46.9 Å². The maximum atomic E-state index is 13.1. The van der Waals surface area contributed by atoms with Crippen LogP contribution in [0.5, 0.6) is 5.75 Å². The first kappa shape index (κ1) is 28.3. The quantitative estimate of drug-likeness (QED) is 0.240. The van der Waals surface area contributed by atoms with Gasteiger partial charge < -0.3 is 15.4 Å². The van der Waals surface area contributed by atoms with Crippen LogP contribution in [0, 0.1) is 0 Å². The van der Waals surface area contributed by atoms with E-state index in [1.165, 1.54) is 6.92 Å². The number of hydrogen-bond donors (Lipinski definition) is 2. The fraction of sp³-hybridized carbons (Fsp3) is 0.406. The van der Waals surface area contributed by atoms with Crippen molar-refractivity contribution in [3.63, 3.8) is 0 Å². The fourth-order valence-electron chi connectivity index (χ4n) is 5.16. The van der Waals surface area contributed by atoms with E-state index in [4.69, 9.17) is 4.74 Å². The van der Waals surface area contributed by atoms with Crippen LogP contribution in [0.2, 0.25) is 0 Å². The Hall–Kier alpha value is -4.27. The van der Waals surface area contributed by atoms with Gasteiger partial charge in [-0.05, 0) is 54.7 Å². The first-order valence-corrected chi connectivity index (χ1v) is 14.2. The number of fused-ring (bicyclic) bond motifs is 2. The molecule has 1 aliphatic rings. The molecule has 0 saturated carbocycles. The Bertz CT molecular complexity index is 1590. The Labute approximate surface area is 240 Å². The lowest BCUT2D eigenvalue weighted by atomic mass is 9.85. The Balaban J connectivity index is 1.33. The van der Waals surface area contributed by atoms with Crippen molar-refractivity contribution in [3.05, 3.63) is 83.1 Å². The van der Waals surface area contributed by atoms with Gasteiger partial charge in [-0.25, -0.2) is 9.78 Å². The Kier molecular flexibility index (Phi) is 7.80. The fourth-order valence-corrected chi connectivity index (χ4v) is 5.16. The molecule has 0 fully saturated rings. The van der Waals surface area contributed by atoms with Gasteiger partial charge in [-0.2, -0.15) is 0 Å². The second-order valence-electron chi connectivity index (χ2n) is 11.9. The van der Waals surface area contributed by atoms with Crippen molar-refractivity contribution in [1.29, 1.82) is 0 Å². The first-order chi connectivity index (χ1) is 19.5. The monoisotopic (exact) mass is 554 g/mol. The van der Waals surface area contributed by atoms with Gasteiger partial charge in [0.25, 0.3) is 0 Å². The minimum absolute atomic E-state index is 0.147. The summed E-state index contributed by atoms with van der Waals surface area (Å²) in [6.45, 7) is 11.8. The SMILES string of the molecule is CC[C@H](C)c1nnc2ccc(O[C@@H]3CC[C@H](NC(=O)Nc4cc(C(C)=O)nc(C(C)(C)C)c4)c4ccccc43)cn12. The van der Waals surface area contributed by atoms with Crippen LogP contribution in [-0.4, -0.2) is 31.4 Å². The number of nitrogens with one attached hydrogen (secondary N) is 2. The molecule has 0 aliphatic heterocycles. The van der Waals surface area contributed by atoms with Gasteiger partial charge in [0.15, 0.2) is 11.4 Å². The van der Waals surface area contributed by atoms with Crippen LogP contribution in [0.25, 0.3) is 5.65 Å². The van der Waals surface area contributed by atoms with Crippen molar-refractivity contribution >= 4 is 23.1 Å². The number of aromatic nitrogens is 4. The zero-order chi connectivity index (χ0) is 29.3. The zero-order valence-electron chi connectivity index (χ0n) is 24.6. The average molecular weight is 555 g/mol. The molecule has 3 heterocycles. The molecule has 41 heavy (non-hydrogen) atoms. The molecule has 5 rings (SSSR count). The minimum Gasteiger partial charge on any atom is -0.484 e. The third-order valence-electron chi connectivity index (χ3n) is 7.69.